The molecule has 0 fully saturated rings. The van der Waals surface area contributed by atoms with Crippen LogP contribution in [0.25, 0.3) is 0 Å². The molecule has 0 saturated carbocycles. The Bertz CT molecular complexity index is 1110. The number of nitrogens with zero attached hydrogens (tertiary/aromatic N) is 3. The largest absolute Gasteiger partial charge is 0.322 e. The summed E-state index contributed by atoms with van der Waals surface area (Å²) in [5.74, 6) is -0.272. The molecule has 28 heavy (non-hydrogen) atoms. The molecule has 3 rings (SSSR count). The zero-order valence-electron chi connectivity index (χ0n) is 15.5. The predicted molar refractivity (Wildman–Crippen MR) is 112 cm³/mol. The quantitative estimate of drug-likeness (QED) is 0.627. The number of nitrogens with one attached hydrogen (secondary N) is 1. The molecular formula is C19H19BrN4O3S. The molecule has 0 bridgehead atoms. The van der Waals surface area contributed by atoms with Crippen molar-refractivity contribution in [1.29, 1.82) is 0 Å². The van der Waals surface area contributed by atoms with Gasteiger partial charge in [-0.05, 0) is 43.3 Å². The molecule has 1 amide bonds. The second kappa shape index (κ2) is 7.76. The number of anilines is 2. The number of hydrogen-bond acceptors (Lipinski definition) is 4. The van der Waals surface area contributed by atoms with Crippen molar-refractivity contribution in [3.63, 3.8) is 0 Å². The summed E-state index contributed by atoms with van der Waals surface area (Å²) in [6.07, 6.45) is 1.35. The van der Waals surface area contributed by atoms with Crippen molar-refractivity contribution in [1.82, 2.24) is 9.78 Å². The minimum Gasteiger partial charge on any atom is -0.322 e. The third kappa shape index (κ3) is 3.95. The fourth-order valence-electron chi connectivity index (χ4n) is 2.68. The van der Waals surface area contributed by atoms with Crippen molar-refractivity contribution in [3.05, 3.63) is 70.3 Å². The van der Waals surface area contributed by atoms with E-state index in [4.69, 9.17) is 0 Å². The molecule has 1 aromatic heterocycles. The number of sulfonamides is 1. The monoisotopic (exact) mass is 462 g/mol. The van der Waals surface area contributed by atoms with Crippen LogP contribution in [-0.4, -0.2) is 31.2 Å². The average molecular weight is 463 g/mol. The Hall–Kier alpha value is -2.65. The van der Waals surface area contributed by atoms with Gasteiger partial charge in [-0.25, -0.2) is 8.42 Å². The minimum atomic E-state index is -3.85. The van der Waals surface area contributed by atoms with Gasteiger partial charge in [0, 0.05) is 24.3 Å². The first-order valence-corrected chi connectivity index (χ1v) is 10.6. The molecule has 1 N–H and O–H groups in total. The molecule has 3 aromatic rings. The Kier molecular flexibility index (Phi) is 5.57. The summed E-state index contributed by atoms with van der Waals surface area (Å²) >= 11 is 3.34. The van der Waals surface area contributed by atoms with Crippen LogP contribution >= 0.6 is 15.9 Å². The van der Waals surface area contributed by atoms with Crippen LogP contribution in [0.4, 0.5) is 11.5 Å². The van der Waals surface area contributed by atoms with E-state index in [0.717, 1.165) is 14.3 Å². The Labute approximate surface area is 172 Å². The first-order chi connectivity index (χ1) is 13.2. The summed E-state index contributed by atoms with van der Waals surface area (Å²) in [5, 5.41) is 6.84. The van der Waals surface area contributed by atoms with E-state index in [2.05, 4.69) is 26.3 Å². The molecule has 0 radical (unpaired) electrons. The van der Waals surface area contributed by atoms with E-state index in [-0.39, 0.29) is 16.3 Å². The van der Waals surface area contributed by atoms with Gasteiger partial charge in [0.2, 0.25) is 0 Å². The van der Waals surface area contributed by atoms with Crippen molar-refractivity contribution < 1.29 is 13.2 Å². The second-order valence-corrected chi connectivity index (χ2v) is 9.14. The highest BCUT2D eigenvalue weighted by Crippen LogP contribution is 2.26. The van der Waals surface area contributed by atoms with Gasteiger partial charge in [-0.3, -0.25) is 13.8 Å². The molecule has 9 heteroatoms. The molecule has 0 aliphatic carbocycles. The van der Waals surface area contributed by atoms with E-state index in [1.54, 1.807) is 55.6 Å². The van der Waals surface area contributed by atoms with Gasteiger partial charge in [0.1, 0.15) is 5.56 Å². The summed E-state index contributed by atoms with van der Waals surface area (Å²) < 4.78 is 29.3. The van der Waals surface area contributed by atoms with Crippen molar-refractivity contribution in [3.8, 4) is 0 Å². The summed E-state index contributed by atoms with van der Waals surface area (Å²) in [4.78, 5) is 12.9. The summed E-state index contributed by atoms with van der Waals surface area (Å²) in [6, 6.07) is 13.6. The van der Waals surface area contributed by atoms with E-state index in [0.29, 0.717) is 5.69 Å². The maximum absolute atomic E-state index is 13.0. The molecule has 0 saturated heterocycles. The normalized spacial score (nSPS) is 11.3. The van der Waals surface area contributed by atoms with Gasteiger partial charge >= 0.3 is 0 Å². The molecule has 0 aliphatic heterocycles. The van der Waals surface area contributed by atoms with E-state index in [1.165, 1.54) is 17.9 Å². The van der Waals surface area contributed by atoms with Gasteiger partial charge in [0.15, 0.2) is 5.82 Å². The number of aromatic nitrogens is 2. The van der Waals surface area contributed by atoms with Gasteiger partial charge in [0.05, 0.1) is 11.1 Å². The van der Waals surface area contributed by atoms with Gasteiger partial charge in [-0.15, -0.1) is 0 Å². The molecule has 2 aromatic carbocycles. The van der Waals surface area contributed by atoms with Gasteiger partial charge in [-0.1, -0.05) is 33.6 Å². The van der Waals surface area contributed by atoms with Crippen LogP contribution < -0.4 is 9.62 Å². The Morgan fingerprint density at radius 3 is 2.32 bits per heavy atom. The summed E-state index contributed by atoms with van der Waals surface area (Å²) in [6.45, 7) is 1.88. The minimum absolute atomic E-state index is 0.140. The smallest absolute Gasteiger partial charge is 0.265 e. The number of hydrogen-bond donors (Lipinski definition) is 1. The lowest BCUT2D eigenvalue weighted by Crippen LogP contribution is -2.30. The van der Waals surface area contributed by atoms with Crippen LogP contribution in [0.5, 0.6) is 0 Å². The van der Waals surface area contributed by atoms with Gasteiger partial charge in [0.25, 0.3) is 15.9 Å². The number of aryl methyl sites for hydroxylation is 2. The zero-order valence-corrected chi connectivity index (χ0v) is 18.0. The lowest BCUT2D eigenvalue weighted by molar-refractivity contribution is 0.102. The molecule has 0 spiro atoms. The van der Waals surface area contributed by atoms with Crippen LogP contribution in [-0.2, 0) is 17.1 Å². The highest BCUT2D eigenvalue weighted by atomic mass is 79.9. The Morgan fingerprint density at radius 2 is 1.71 bits per heavy atom. The lowest BCUT2D eigenvalue weighted by Gasteiger charge is -2.21. The third-order valence-electron chi connectivity index (χ3n) is 4.23. The molecular weight excluding hydrogens is 444 g/mol. The highest BCUT2D eigenvalue weighted by Gasteiger charge is 2.28. The van der Waals surface area contributed by atoms with Crippen LogP contribution in [0.2, 0.25) is 0 Å². The Balaban J connectivity index is 1.94. The van der Waals surface area contributed by atoms with Crippen molar-refractivity contribution >= 4 is 43.4 Å². The first kappa shape index (κ1) is 20.1. The number of amides is 1. The molecule has 1 heterocycles. The number of benzene rings is 2. The van der Waals surface area contributed by atoms with Gasteiger partial charge < -0.3 is 5.32 Å². The lowest BCUT2D eigenvalue weighted by atomic mass is 10.2. The van der Waals surface area contributed by atoms with E-state index in [1.807, 2.05) is 6.92 Å². The maximum Gasteiger partial charge on any atom is 0.265 e. The fourth-order valence-corrected chi connectivity index (χ4v) is 4.18. The van der Waals surface area contributed by atoms with Crippen LogP contribution in [0.15, 0.2) is 64.1 Å². The maximum atomic E-state index is 13.0. The average Bonchev–Trinajstić information content (AvgIpc) is 3.04. The topological polar surface area (TPSA) is 84.3 Å². The molecule has 0 aliphatic rings. The van der Waals surface area contributed by atoms with Crippen molar-refractivity contribution in [2.75, 3.05) is 16.7 Å². The standard InChI is InChI=1S/C19H19BrN4O3S/c1-13-4-10-16(11-5-13)28(26,27)24(3)19-17(12-21-23(19)2)18(25)22-15-8-6-14(20)7-9-15/h4-12H,1-3H3,(H,22,25). The number of carbonyl (C=O) groups excluding carboxylic acids is 1. The van der Waals surface area contributed by atoms with Crippen molar-refractivity contribution in [2.24, 2.45) is 7.05 Å². The van der Waals surface area contributed by atoms with Crippen LogP contribution in [0.3, 0.4) is 0 Å². The van der Waals surface area contributed by atoms with E-state index >= 15 is 0 Å². The zero-order chi connectivity index (χ0) is 20.5. The number of halogens is 1. The van der Waals surface area contributed by atoms with E-state index in [9.17, 15) is 13.2 Å². The molecule has 0 unspecified atom stereocenters. The summed E-state index contributed by atoms with van der Waals surface area (Å²) in [7, 11) is -0.854. The summed E-state index contributed by atoms with van der Waals surface area (Å²) in [5.41, 5.74) is 1.70. The van der Waals surface area contributed by atoms with Crippen LogP contribution in [0.1, 0.15) is 15.9 Å². The molecule has 7 nitrogen and oxygen atoms in total. The third-order valence-corrected chi connectivity index (χ3v) is 6.52. The fraction of sp³-hybridized carbons (Fsp3) is 0.158. The number of carbonyl (C=O) groups is 1. The van der Waals surface area contributed by atoms with Crippen molar-refractivity contribution in [2.45, 2.75) is 11.8 Å². The Morgan fingerprint density at radius 1 is 1.11 bits per heavy atom. The highest BCUT2D eigenvalue weighted by molar-refractivity contribution is 9.10. The van der Waals surface area contributed by atoms with E-state index < -0.39 is 15.9 Å². The first-order valence-electron chi connectivity index (χ1n) is 8.34. The SMILES string of the molecule is Cc1ccc(S(=O)(=O)N(C)c2c(C(=O)Nc3ccc(Br)cc3)cnn2C)cc1. The second-order valence-electron chi connectivity index (χ2n) is 6.25. The molecule has 146 valence electrons. The predicted octanol–water partition coefficient (Wildman–Crippen LogP) is 3.57. The van der Waals surface area contributed by atoms with Crippen LogP contribution in [0, 0.1) is 6.92 Å². The van der Waals surface area contributed by atoms with Gasteiger partial charge in [-0.2, -0.15) is 5.10 Å². The molecule has 0 atom stereocenters. The number of rotatable bonds is 5.